The van der Waals surface area contributed by atoms with Gasteiger partial charge in [0.1, 0.15) is 0 Å². The number of nitrogens with zero attached hydrogens (tertiary/aromatic N) is 4. The van der Waals surface area contributed by atoms with Gasteiger partial charge in [0, 0.05) is 38.4 Å². The average molecular weight is 235 g/mol. The van der Waals surface area contributed by atoms with Crippen LogP contribution in [-0.4, -0.2) is 40.3 Å². The lowest BCUT2D eigenvalue weighted by molar-refractivity contribution is 0.493. The van der Waals surface area contributed by atoms with Crippen LogP contribution in [0.5, 0.6) is 0 Å². The van der Waals surface area contributed by atoms with Gasteiger partial charge in [0.25, 0.3) is 0 Å². The lowest BCUT2D eigenvalue weighted by Crippen LogP contribution is -2.39. The Kier molecular flexibility index (Phi) is 4.01. The predicted octanol–water partition coefficient (Wildman–Crippen LogP) is 0.981. The zero-order valence-corrected chi connectivity index (χ0v) is 10.7. The first-order chi connectivity index (χ1) is 8.29. The van der Waals surface area contributed by atoms with E-state index in [-0.39, 0.29) is 0 Å². The maximum absolute atomic E-state index is 4.66. The summed E-state index contributed by atoms with van der Waals surface area (Å²) in [6.45, 7) is 5.97. The van der Waals surface area contributed by atoms with Crippen molar-refractivity contribution in [1.82, 2.24) is 20.0 Å². The molecule has 1 aliphatic heterocycles. The number of nitrogens with one attached hydrogen (secondary N) is 1. The third-order valence-corrected chi connectivity index (χ3v) is 2.91. The fourth-order valence-electron chi connectivity index (χ4n) is 2.07. The highest BCUT2D eigenvalue weighted by Gasteiger charge is 2.15. The first-order valence-electron chi connectivity index (χ1n) is 6.30. The normalized spacial score (nSPS) is 16.6. The fourth-order valence-corrected chi connectivity index (χ4v) is 2.07. The number of guanidine groups is 1. The smallest absolute Gasteiger partial charge is 0.194 e. The van der Waals surface area contributed by atoms with Gasteiger partial charge >= 0.3 is 0 Å². The van der Waals surface area contributed by atoms with Crippen LogP contribution in [0.15, 0.2) is 17.4 Å². The molecule has 0 unspecified atom stereocenters. The molecule has 0 amide bonds. The number of aromatic nitrogens is 2. The summed E-state index contributed by atoms with van der Waals surface area (Å²) in [7, 11) is 1.93. The largest absolute Gasteiger partial charge is 0.357 e. The summed E-state index contributed by atoms with van der Waals surface area (Å²) < 4.78 is 1.81. The lowest BCUT2D eigenvalue weighted by atomic mass is 10.4. The van der Waals surface area contributed by atoms with E-state index in [1.165, 1.54) is 12.8 Å². The van der Waals surface area contributed by atoms with Crippen molar-refractivity contribution < 1.29 is 0 Å². The molecular formula is C12H21N5. The van der Waals surface area contributed by atoms with Crippen molar-refractivity contribution in [2.45, 2.75) is 26.3 Å². The summed E-state index contributed by atoms with van der Waals surface area (Å²) >= 11 is 0. The van der Waals surface area contributed by atoms with Gasteiger partial charge in [0.2, 0.25) is 0 Å². The van der Waals surface area contributed by atoms with Crippen molar-refractivity contribution in [3.8, 4) is 0 Å². The zero-order chi connectivity index (χ0) is 12.1. The number of rotatable bonds is 3. The van der Waals surface area contributed by atoms with Gasteiger partial charge in [-0.15, -0.1) is 0 Å². The quantitative estimate of drug-likeness (QED) is 0.627. The highest BCUT2D eigenvalue weighted by atomic mass is 15.3. The number of aliphatic imine (C=N–C) groups is 1. The van der Waals surface area contributed by atoms with Crippen LogP contribution in [0.1, 0.15) is 25.3 Å². The summed E-state index contributed by atoms with van der Waals surface area (Å²) in [5, 5.41) is 7.50. The van der Waals surface area contributed by atoms with Gasteiger partial charge in [-0.3, -0.25) is 4.68 Å². The van der Waals surface area contributed by atoms with Gasteiger partial charge in [-0.2, -0.15) is 5.10 Å². The molecule has 2 rings (SSSR count). The van der Waals surface area contributed by atoms with Crippen LogP contribution in [0, 0.1) is 0 Å². The molecule has 5 heteroatoms. The molecule has 0 saturated carbocycles. The summed E-state index contributed by atoms with van der Waals surface area (Å²) in [6.07, 6.45) is 6.43. The Morgan fingerprint density at radius 3 is 2.82 bits per heavy atom. The second-order valence-corrected chi connectivity index (χ2v) is 4.39. The Morgan fingerprint density at radius 2 is 2.24 bits per heavy atom. The van der Waals surface area contributed by atoms with Crippen LogP contribution in [0.4, 0.5) is 0 Å². The molecule has 1 saturated heterocycles. The standard InChI is InChI=1S/C12H21N5/c1-3-13-12(17-6-4-5-7-17)14-8-11-9-15-16(2)10-11/h9-10H,3-8H2,1-2H3,(H,13,14). The molecule has 1 aliphatic rings. The first kappa shape index (κ1) is 12.0. The Balaban J connectivity index is 1.99. The van der Waals surface area contributed by atoms with Crippen LogP contribution in [0.25, 0.3) is 0 Å². The third kappa shape index (κ3) is 3.22. The van der Waals surface area contributed by atoms with Crippen molar-refractivity contribution in [2.24, 2.45) is 12.0 Å². The third-order valence-electron chi connectivity index (χ3n) is 2.91. The van der Waals surface area contributed by atoms with Crippen molar-refractivity contribution in [3.63, 3.8) is 0 Å². The van der Waals surface area contributed by atoms with Crippen LogP contribution in [0.3, 0.4) is 0 Å². The van der Waals surface area contributed by atoms with Crippen LogP contribution in [0.2, 0.25) is 0 Å². The minimum absolute atomic E-state index is 0.701. The summed E-state index contributed by atoms with van der Waals surface area (Å²) in [5.41, 5.74) is 1.15. The van der Waals surface area contributed by atoms with Gasteiger partial charge in [-0.25, -0.2) is 4.99 Å². The van der Waals surface area contributed by atoms with E-state index in [4.69, 9.17) is 0 Å². The zero-order valence-electron chi connectivity index (χ0n) is 10.7. The molecule has 5 nitrogen and oxygen atoms in total. The van der Waals surface area contributed by atoms with Crippen LogP contribution in [-0.2, 0) is 13.6 Å². The molecule has 0 atom stereocenters. The van der Waals surface area contributed by atoms with Crippen LogP contribution >= 0.6 is 0 Å². The maximum Gasteiger partial charge on any atom is 0.194 e. The van der Waals surface area contributed by atoms with Gasteiger partial charge in [-0.1, -0.05) is 0 Å². The van der Waals surface area contributed by atoms with Crippen molar-refractivity contribution >= 4 is 5.96 Å². The molecule has 1 fully saturated rings. The van der Waals surface area contributed by atoms with Gasteiger partial charge in [-0.05, 0) is 19.8 Å². The lowest BCUT2D eigenvalue weighted by Gasteiger charge is -2.20. The molecule has 0 spiro atoms. The maximum atomic E-state index is 4.66. The van der Waals surface area contributed by atoms with Gasteiger partial charge in [0.15, 0.2) is 5.96 Å². The Morgan fingerprint density at radius 1 is 1.47 bits per heavy atom. The number of hydrogen-bond donors (Lipinski definition) is 1. The van der Waals surface area contributed by atoms with E-state index in [0.717, 1.165) is 31.2 Å². The highest BCUT2D eigenvalue weighted by molar-refractivity contribution is 5.80. The molecule has 0 aromatic carbocycles. The molecule has 1 N–H and O–H groups in total. The van der Waals surface area contributed by atoms with Crippen molar-refractivity contribution in [1.29, 1.82) is 0 Å². The fraction of sp³-hybridized carbons (Fsp3) is 0.667. The van der Waals surface area contributed by atoms with E-state index < -0.39 is 0 Å². The van der Waals surface area contributed by atoms with E-state index >= 15 is 0 Å². The van der Waals surface area contributed by atoms with Crippen molar-refractivity contribution in [3.05, 3.63) is 18.0 Å². The van der Waals surface area contributed by atoms with Crippen LogP contribution < -0.4 is 5.32 Å². The molecule has 0 radical (unpaired) electrons. The van der Waals surface area contributed by atoms with Gasteiger partial charge in [0.05, 0.1) is 12.7 Å². The van der Waals surface area contributed by atoms with E-state index in [1.807, 2.05) is 24.1 Å². The summed E-state index contributed by atoms with van der Waals surface area (Å²) in [5.74, 6) is 1.04. The van der Waals surface area contributed by atoms with E-state index in [9.17, 15) is 0 Å². The monoisotopic (exact) mass is 235 g/mol. The topological polar surface area (TPSA) is 45.5 Å². The minimum Gasteiger partial charge on any atom is -0.357 e. The summed E-state index contributed by atoms with van der Waals surface area (Å²) in [4.78, 5) is 6.99. The molecule has 94 valence electrons. The molecule has 0 aliphatic carbocycles. The molecule has 0 bridgehead atoms. The molecule has 2 heterocycles. The minimum atomic E-state index is 0.701. The first-order valence-corrected chi connectivity index (χ1v) is 6.30. The van der Waals surface area contributed by atoms with Gasteiger partial charge < -0.3 is 10.2 Å². The average Bonchev–Trinajstić information content (AvgIpc) is 2.95. The Labute approximate surface area is 103 Å². The summed E-state index contributed by atoms with van der Waals surface area (Å²) in [6, 6.07) is 0. The second-order valence-electron chi connectivity index (χ2n) is 4.39. The Hall–Kier alpha value is -1.52. The molecular weight excluding hydrogens is 214 g/mol. The SMILES string of the molecule is CCNC(=NCc1cnn(C)c1)N1CCCC1. The van der Waals surface area contributed by atoms with Crippen molar-refractivity contribution in [2.75, 3.05) is 19.6 Å². The van der Waals surface area contributed by atoms with E-state index in [1.54, 1.807) is 0 Å². The molecule has 17 heavy (non-hydrogen) atoms. The van der Waals surface area contributed by atoms with E-state index in [2.05, 4.69) is 27.2 Å². The second kappa shape index (κ2) is 5.70. The predicted molar refractivity (Wildman–Crippen MR) is 68.8 cm³/mol. The Bertz CT molecular complexity index is 376. The number of likely N-dealkylation sites (tertiary alicyclic amines) is 1. The molecule has 1 aromatic heterocycles. The number of hydrogen-bond acceptors (Lipinski definition) is 2. The molecule has 1 aromatic rings. The number of aryl methyl sites for hydroxylation is 1. The van der Waals surface area contributed by atoms with E-state index in [0.29, 0.717) is 6.54 Å². The highest BCUT2D eigenvalue weighted by Crippen LogP contribution is 2.08.